The average Bonchev–Trinajstić information content (AvgIpc) is 2.55. The highest BCUT2D eigenvalue weighted by atomic mass is 16.5. The van der Waals surface area contributed by atoms with Gasteiger partial charge in [0.05, 0.1) is 18.8 Å². The van der Waals surface area contributed by atoms with Gasteiger partial charge in [0.15, 0.2) is 0 Å². The van der Waals surface area contributed by atoms with Gasteiger partial charge in [-0.1, -0.05) is 20.8 Å². The Morgan fingerprint density at radius 3 is 2.78 bits per heavy atom. The molecular formula is C14H26N2O2. The Morgan fingerprint density at radius 1 is 1.44 bits per heavy atom. The van der Waals surface area contributed by atoms with Crippen molar-refractivity contribution in [2.75, 3.05) is 13.2 Å². The standard InChI is InChI=1S/C14H26N2O2/c1-9(2)7-13-15-11(4)14(17)16(13)12-5-6-18-8-10(12)3/h9-13,15H,5-8H2,1-4H3. The molecule has 4 atom stereocenters. The van der Waals surface area contributed by atoms with Crippen LogP contribution >= 0.6 is 0 Å². The van der Waals surface area contributed by atoms with Crippen LogP contribution in [0.2, 0.25) is 0 Å². The van der Waals surface area contributed by atoms with E-state index in [2.05, 4.69) is 31.0 Å². The maximum atomic E-state index is 12.4. The quantitative estimate of drug-likeness (QED) is 0.832. The average molecular weight is 254 g/mol. The third kappa shape index (κ3) is 2.69. The number of nitrogens with one attached hydrogen (secondary N) is 1. The van der Waals surface area contributed by atoms with E-state index in [-0.39, 0.29) is 18.1 Å². The van der Waals surface area contributed by atoms with Gasteiger partial charge in [-0.15, -0.1) is 0 Å². The van der Waals surface area contributed by atoms with Crippen LogP contribution < -0.4 is 5.32 Å². The molecule has 0 aromatic rings. The molecule has 1 amide bonds. The first-order chi connectivity index (χ1) is 8.50. The Bertz CT molecular complexity index is 306. The molecular weight excluding hydrogens is 228 g/mol. The zero-order valence-corrected chi connectivity index (χ0v) is 12.0. The molecule has 2 rings (SSSR count). The fourth-order valence-corrected chi connectivity index (χ4v) is 3.12. The molecule has 4 unspecified atom stereocenters. The fraction of sp³-hybridized carbons (Fsp3) is 0.929. The van der Waals surface area contributed by atoms with Crippen molar-refractivity contribution in [3.05, 3.63) is 0 Å². The third-order valence-electron chi connectivity index (χ3n) is 4.05. The van der Waals surface area contributed by atoms with Gasteiger partial charge in [0.25, 0.3) is 0 Å². The van der Waals surface area contributed by atoms with E-state index in [4.69, 9.17) is 4.74 Å². The molecule has 0 saturated carbocycles. The minimum Gasteiger partial charge on any atom is -0.381 e. The summed E-state index contributed by atoms with van der Waals surface area (Å²) in [7, 11) is 0. The van der Waals surface area contributed by atoms with Crippen molar-refractivity contribution in [2.24, 2.45) is 11.8 Å². The van der Waals surface area contributed by atoms with Crippen LogP contribution in [0.4, 0.5) is 0 Å². The molecule has 104 valence electrons. The van der Waals surface area contributed by atoms with Crippen LogP contribution in [0.1, 0.15) is 40.5 Å². The Morgan fingerprint density at radius 2 is 2.17 bits per heavy atom. The van der Waals surface area contributed by atoms with Crippen molar-refractivity contribution in [3.8, 4) is 0 Å². The molecule has 2 fully saturated rings. The zero-order valence-electron chi connectivity index (χ0n) is 12.0. The molecule has 4 heteroatoms. The van der Waals surface area contributed by atoms with E-state index < -0.39 is 0 Å². The molecule has 0 aromatic carbocycles. The number of carbonyl (C=O) groups excluding carboxylic acids is 1. The molecule has 18 heavy (non-hydrogen) atoms. The molecule has 4 nitrogen and oxygen atoms in total. The van der Waals surface area contributed by atoms with Gasteiger partial charge < -0.3 is 9.64 Å². The van der Waals surface area contributed by atoms with E-state index in [1.807, 2.05) is 6.92 Å². The van der Waals surface area contributed by atoms with Crippen LogP contribution in [0.3, 0.4) is 0 Å². The number of hydrogen-bond acceptors (Lipinski definition) is 3. The lowest BCUT2D eigenvalue weighted by molar-refractivity contribution is -0.136. The maximum Gasteiger partial charge on any atom is 0.240 e. The highest BCUT2D eigenvalue weighted by molar-refractivity contribution is 5.84. The minimum absolute atomic E-state index is 0.0382. The zero-order chi connectivity index (χ0) is 13.3. The molecule has 2 aliphatic heterocycles. The molecule has 0 aromatic heterocycles. The lowest BCUT2D eigenvalue weighted by Crippen LogP contribution is -2.51. The van der Waals surface area contributed by atoms with Crippen LogP contribution in [-0.4, -0.2) is 42.3 Å². The van der Waals surface area contributed by atoms with Crippen molar-refractivity contribution < 1.29 is 9.53 Å². The van der Waals surface area contributed by atoms with E-state index in [1.165, 1.54) is 0 Å². The van der Waals surface area contributed by atoms with Crippen LogP contribution in [0.15, 0.2) is 0 Å². The third-order valence-corrected chi connectivity index (χ3v) is 4.05. The van der Waals surface area contributed by atoms with Crippen molar-refractivity contribution in [1.82, 2.24) is 10.2 Å². The summed E-state index contributed by atoms with van der Waals surface area (Å²) in [5.74, 6) is 1.29. The Labute approximate surface area is 110 Å². The highest BCUT2D eigenvalue weighted by Crippen LogP contribution is 2.28. The number of rotatable bonds is 3. The number of amides is 1. The van der Waals surface area contributed by atoms with Crippen molar-refractivity contribution in [3.63, 3.8) is 0 Å². The van der Waals surface area contributed by atoms with Crippen molar-refractivity contribution in [1.29, 1.82) is 0 Å². The largest absolute Gasteiger partial charge is 0.381 e. The fourth-order valence-electron chi connectivity index (χ4n) is 3.12. The van der Waals surface area contributed by atoms with Gasteiger partial charge in [0.1, 0.15) is 0 Å². The summed E-state index contributed by atoms with van der Waals surface area (Å²) in [5.41, 5.74) is 0. The maximum absolute atomic E-state index is 12.4. The number of ether oxygens (including phenoxy) is 1. The van der Waals surface area contributed by atoms with Crippen molar-refractivity contribution in [2.45, 2.75) is 58.8 Å². The van der Waals surface area contributed by atoms with E-state index in [0.717, 1.165) is 26.1 Å². The normalized spacial score (nSPS) is 37.6. The smallest absolute Gasteiger partial charge is 0.240 e. The lowest BCUT2D eigenvalue weighted by Gasteiger charge is -2.39. The highest BCUT2D eigenvalue weighted by Gasteiger charge is 2.42. The second-order valence-electron chi connectivity index (χ2n) is 6.19. The number of carbonyl (C=O) groups is 1. The summed E-state index contributed by atoms with van der Waals surface area (Å²) in [4.78, 5) is 14.5. The summed E-state index contributed by atoms with van der Waals surface area (Å²) < 4.78 is 5.49. The van der Waals surface area contributed by atoms with E-state index in [9.17, 15) is 4.79 Å². The topological polar surface area (TPSA) is 41.6 Å². The molecule has 0 spiro atoms. The Balaban J connectivity index is 2.12. The first-order valence-corrected chi connectivity index (χ1v) is 7.16. The lowest BCUT2D eigenvalue weighted by atomic mass is 9.94. The van der Waals surface area contributed by atoms with E-state index in [1.54, 1.807) is 0 Å². The van der Waals surface area contributed by atoms with Gasteiger partial charge in [-0.25, -0.2) is 0 Å². The molecule has 0 radical (unpaired) electrons. The predicted molar refractivity (Wildman–Crippen MR) is 71.1 cm³/mol. The second-order valence-corrected chi connectivity index (χ2v) is 6.19. The molecule has 2 saturated heterocycles. The SMILES string of the molecule is CC(C)CC1NC(C)C(=O)N1C1CCOCC1C. The predicted octanol–water partition coefficient (Wildman–Crippen LogP) is 1.60. The van der Waals surface area contributed by atoms with Gasteiger partial charge in [0, 0.05) is 18.6 Å². The van der Waals surface area contributed by atoms with Crippen LogP contribution in [0.5, 0.6) is 0 Å². The van der Waals surface area contributed by atoms with Gasteiger partial charge in [-0.05, 0) is 25.7 Å². The van der Waals surface area contributed by atoms with E-state index in [0.29, 0.717) is 17.9 Å². The number of nitrogens with zero attached hydrogens (tertiary/aromatic N) is 1. The summed E-state index contributed by atoms with van der Waals surface area (Å²) in [5, 5.41) is 3.44. The minimum atomic E-state index is -0.0382. The number of hydrogen-bond donors (Lipinski definition) is 1. The Hall–Kier alpha value is -0.610. The summed E-state index contributed by atoms with van der Waals surface area (Å²) in [6, 6.07) is 0.302. The van der Waals surface area contributed by atoms with Gasteiger partial charge in [-0.3, -0.25) is 10.1 Å². The Kier molecular flexibility index (Phi) is 4.28. The van der Waals surface area contributed by atoms with Crippen LogP contribution in [0.25, 0.3) is 0 Å². The summed E-state index contributed by atoms with van der Waals surface area (Å²) in [6.07, 6.45) is 2.20. The molecule has 0 aliphatic carbocycles. The molecule has 2 aliphatic rings. The molecule has 1 N–H and O–H groups in total. The summed E-state index contributed by atoms with van der Waals surface area (Å²) in [6.45, 7) is 10.1. The monoisotopic (exact) mass is 254 g/mol. The molecule has 0 bridgehead atoms. The van der Waals surface area contributed by atoms with E-state index >= 15 is 0 Å². The second kappa shape index (κ2) is 5.57. The first-order valence-electron chi connectivity index (χ1n) is 7.16. The first kappa shape index (κ1) is 13.8. The van der Waals surface area contributed by atoms with Gasteiger partial charge in [0.2, 0.25) is 5.91 Å². The van der Waals surface area contributed by atoms with Gasteiger partial charge in [-0.2, -0.15) is 0 Å². The molecule has 2 heterocycles. The van der Waals surface area contributed by atoms with Crippen LogP contribution in [0, 0.1) is 11.8 Å². The van der Waals surface area contributed by atoms with Crippen LogP contribution in [-0.2, 0) is 9.53 Å². The van der Waals surface area contributed by atoms with Gasteiger partial charge >= 0.3 is 0 Å². The van der Waals surface area contributed by atoms with Crippen molar-refractivity contribution >= 4 is 5.91 Å². The summed E-state index contributed by atoms with van der Waals surface area (Å²) >= 11 is 0.